The molecule has 1 aromatic rings. The van der Waals surface area contributed by atoms with E-state index in [-0.39, 0.29) is 24.3 Å². The summed E-state index contributed by atoms with van der Waals surface area (Å²) in [7, 11) is 0. The van der Waals surface area contributed by atoms with Crippen molar-refractivity contribution >= 4 is 0 Å². The first-order chi connectivity index (χ1) is 7.82. The Balaban J connectivity index is 2.91. The molecule has 0 saturated heterocycles. The van der Waals surface area contributed by atoms with Gasteiger partial charge in [0.05, 0.1) is 11.9 Å². The van der Waals surface area contributed by atoms with E-state index in [0.717, 1.165) is 6.07 Å². The van der Waals surface area contributed by atoms with Crippen LogP contribution >= 0.6 is 0 Å². The van der Waals surface area contributed by atoms with Gasteiger partial charge in [0.15, 0.2) is 0 Å². The van der Waals surface area contributed by atoms with Gasteiger partial charge in [0.2, 0.25) is 0 Å². The Morgan fingerprint density at radius 1 is 1.29 bits per heavy atom. The van der Waals surface area contributed by atoms with Crippen molar-refractivity contribution in [3.8, 4) is 5.75 Å². The van der Waals surface area contributed by atoms with Crippen LogP contribution in [0, 0.1) is 5.82 Å². The van der Waals surface area contributed by atoms with E-state index in [2.05, 4.69) is 0 Å². The summed E-state index contributed by atoms with van der Waals surface area (Å²) in [6.45, 7) is 1.15. The average molecular weight is 252 g/mol. The number of hydrogen-bond acceptors (Lipinski definition) is 1. The van der Waals surface area contributed by atoms with E-state index >= 15 is 0 Å². The highest BCUT2D eigenvalue weighted by atomic mass is 19.4. The van der Waals surface area contributed by atoms with Crippen molar-refractivity contribution in [1.29, 1.82) is 0 Å². The molecule has 1 nitrogen and oxygen atoms in total. The third-order valence-corrected chi connectivity index (χ3v) is 1.85. The van der Waals surface area contributed by atoms with E-state index in [1.165, 1.54) is 6.92 Å². The van der Waals surface area contributed by atoms with Crippen LogP contribution in [0.1, 0.15) is 12.5 Å². The number of benzene rings is 1. The molecule has 0 aliphatic heterocycles. The van der Waals surface area contributed by atoms with E-state index in [0.29, 0.717) is 12.1 Å². The van der Waals surface area contributed by atoms with Crippen LogP contribution in [0.2, 0.25) is 0 Å². The second kappa shape index (κ2) is 5.16. The van der Waals surface area contributed by atoms with Gasteiger partial charge in [-0.2, -0.15) is 13.2 Å². The van der Waals surface area contributed by atoms with Crippen LogP contribution in [0.15, 0.2) is 30.1 Å². The lowest BCUT2D eigenvalue weighted by Crippen LogP contribution is -2.07. The minimum absolute atomic E-state index is 0.183. The molecule has 1 rings (SSSR count). The molecule has 0 saturated carbocycles. The lowest BCUT2D eigenvalue weighted by Gasteiger charge is -2.10. The zero-order valence-corrected chi connectivity index (χ0v) is 8.81. The SMILES string of the molecule is C/C(=C/F)COc1cc(F)cc(C(F)(F)F)c1. The Morgan fingerprint density at radius 2 is 1.94 bits per heavy atom. The number of hydrogen-bond donors (Lipinski definition) is 0. The molecule has 0 aliphatic rings. The minimum atomic E-state index is -4.65. The Kier molecular flexibility index (Phi) is 4.09. The summed E-state index contributed by atoms with van der Waals surface area (Å²) < 4.78 is 66.6. The molecule has 17 heavy (non-hydrogen) atoms. The lowest BCUT2D eigenvalue weighted by atomic mass is 10.2. The highest BCUT2D eigenvalue weighted by molar-refractivity contribution is 5.31. The van der Waals surface area contributed by atoms with Gasteiger partial charge < -0.3 is 4.74 Å². The number of halogens is 5. The minimum Gasteiger partial charge on any atom is -0.489 e. The molecule has 0 atom stereocenters. The van der Waals surface area contributed by atoms with Crippen molar-refractivity contribution in [2.75, 3.05) is 6.61 Å². The fourth-order valence-electron chi connectivity index (χ4n) is 1.04. The quantitative estimate of drug-likeness (QED) is 0.736. The average Bonchev–Trinajstić information content (AvgIpc) is 2.24. The molecule has 1 aromatic carbocycles. The van der Waals surface area contributed by atoms with Crippen molar-refractivity contribution in [2.24, 2.45) is 0 Å². The van der Waals surface area contributed by atoms with E-state index in [1.807, 2.05) is 0 Å². The molecular formula is C11H9F5O. The van der Waals surface area contributed by atoms with Crippen molar-refractivity contribution in [2.45, 2.75) is 13.1 Å². The summed E-state index contributed by atoms with van der Waals surface area (Å²) in [5.74, 6) is -1.35. The van der Waals surface area contributed by atoms with E-state index in [9.17, 15) is 22.0 Å². The number of ether oxygens (including phenoxy) is 1. The maximum absolute atomic E-state index is 12.9. The molecule has 94 valence electrons. The van der Waals surface area contributed by atoms with Gasteiger partial charge in [0.1, 0.15) is 18.2 Å². The highest BCUT2D eigenvalue weighted by Gasteiger charge is 2.31. The predicted molar refractivity (Wildman–Crippen MR) is 51.8 cm³/mol. The smallest absolute Gasteiger partial charge is 0.416 e. The molecule has 0 aromatic heterocycles. The fraction of sp³-hybridized carbons (Fsp3) is 0.273. The standard InChI is InChI=1S/C11H9F5O/c1-7(5-12)6-17-10-3-8(11(14,15)16)2-9(13)4-10/h2-5H,6H2,1H3/b7-5-. The molecule has 0 bridgehead atoms. The predicted octanol–water partition coefficient (Wildman–Crippen LogP) is 4.10. The van der Waals surface area contributed by atoms with Crippen LogP contribution < -0.4 is 4.74 Å². The monoisotopic (exact) mass is 252 g/mol. The molecular weight excluding hydrogens is 243 g/mol. The van der Waals surface area contributed by atoms with Crippen LogP contribution in [-0.2, 0) is 6.18 Å². The summed E-state index contributed by atoms with van der Waals surface area (Å²) in [5, 5.41) is 0. The Hall–Kier alpha value is -1.59. The van der Waals surface area contributed by atoms with Gasteiger partial charge in [-0.15, -0.1) is 0 Å². The number of alkyl halides is 3. The summed E-state index contributed by atoms with van der Waals surface area (Å²) in [4.78, 5) is 0. The first-order valence-electron chi connectivity index (χ1n) is 4.59. The Bertz CT molecular complexity index is 422. The van der Waals surface area contributed by atoms with E-state index < -0.39 is 17.6 Å². The molecule has 6 heteroatoms. The fourth-order valence-corrected chi connectivity index (χ4v) is 1.04. The molecule has 0 fully saturated rings. The Morgan fingerprint density at radius 3 is 2.47 bits per heavy atom. The highest BCUT2D eigenvalue weighted by Crippen LogP contribution is 2.32. The van der Waals surface area contributed by atoms with Gasteiger partial charge >= 0.3 is 6.18 Å². The van der Waals surface area contributed by atoms with Crippen LogP contribution in [0.4, 0.5) is 22.0 Å². The third-order valence-electron chi connectivity index (χ3n) is 1.85. The van der Waals surface area contributed by atoms with Crippen LogP contribution in [-0.4, -0.2) is 6.61 Å². The number of rotatable bonds is 3. The van der Waals surface area contributed by atoms with Crippen LogP contribution in [0.25, 0.3) is 0 Å². The van der Waals surface area contributed by atoms with E-state index in [4.69, 9.17) is 4.74 Å². The maximum atomic E-state index is 12.9. The summed E-state index contributed by atoms with van der Waals surface area (Å²) in [5.41, 5.74) is -0.961. The molecule has 0 heterocycles. The summed E-state index contributed by atoms with van der Waals surface area (Å²) >= 11 is 0. The molecule has 0 aliphatic carbocycles. The molecule has 0 spiro atoms. The molecule has 0 N–H and O–H groups in total. The summed E-state index contributed by atoms with van der Waals surface area (Å²) in [6.07, 6.45) is -4.38. The largest absolute Gasteiger partial charge is 0.489 e. The van der Waals surface area contributed by atoms with Gasteiger partial charge in [-0.25, -0.2) is 8.78 Å². The molecule has 0 unspecified atom stereocenters. The van der Waals surface area contributed by atoms with Crippen molar-refractivity contribution in [1.82, 2.24) is 0 Å². The second-order valence-corrected chi connectivity index (χ2v) is 3.42. The van der Waals surface area contributed by atoms with Gasteiger partial charge in [-0.3, -0.25) is 0 Å². The third kappa shape index (κ3) is 4.05. The normalized spacial score (nSPS) is 12.7. The topological polar surface area (TPSA) is 9.23 Å². The second-order valence-electron chi connectivity index (χ2n) is 3.42. The van der Waals surface area contributed by atoms with E-state index in [1.54, 1.807) is 0 Å². The summed E-state index contributed by atoms with van der Waals surface area (Å²) in [6, 6.07) is 1.83. The van der Waals surface area contributed by atoms with Crippen molar-refractivity contribution in [3.63, 3.8) is 0 Å². The zero-order chi connectivity index (χ0) is 13.1. The van der Waals surface area contributed by atoms with Crippen LogP contribution in [0.3, 0.4) is 0 Å². The molecule has 0 amide bonds. The first kappa shape index (κ1) is 13.5. The Labute approximate surface area is 94.5 Å². The van der Waals surface area contributed by atoms with Gasteiger partial charge in [0.25, 0.3) is 0 Å². The van der Waals surface area contributed by atoms with Crippen molar-refractivity contribution < 1.29 is 26.7 Å². The first-order valence-corrected chi connectivity index (χ1v) is 4.59. The molecule has 0 radical (unpaired) electrons. The zero-order valence-electron chi connectivity index (χ0n) is 8.81. The van der Waals surface area contributed by atoms with Crippen molar-refractivity contribution in [3.05, 3.63) is 41.5 Å². The van der Waals surface area contributed by atoms with Gasteiger partial charge in [-0.1, -0.05) is 0 Å². The van der Waals surface area contributed by atoms with Gasteiger partial charge in [0, 0.05) is 6.07 Å². The maximum Gasteiger partial charge on any atom is 0.416 e. The lowest BCUT2D eigenvalue weighted by molar-refractivity contribution is -0.137. The van der Waals surface area contributed by atoms with Gasteiger partial charge in [-0.05, 0) is 24.6 Å². The van der Waals surface area contributed by atoms with Crippen LogP contribution in [0.5, 0.6) is 5.75 Å².